The van der Waals surface area contributed by atoms with Gasteiger partial charge in [0.2, 0.25) is 0 Å². The van der Waals surface area contributed by atoms with E-state index >= 15 is 0 Å². The van der Waals surface area contributed by atoms with Gasteiger partial charge in [-0.05, 0) is 52.0 Å². The summed E-state index contributed by atoms with van der Waals surface area (Å²) in [5.74, 6) is 3.46. The van der Waals surface area contributed by atoms with Crippen LogP contribution in [0, 0.1) is 0 Å². The summed E-state index contributed by atoms with van der Waals surface area (Å²) in [7, 11) is 6.30. The molecule has 0 aromatic carbocycles. The van der Waals surface area contributed by atoms with Gasteiger partial charge in [0.05, 0.1) is 0 Å². The lowest BCUT2D eigenvalue weighted by Crippen LogP contribution is -2.56. The smallest absolute Gasteiger partial charge is 0.191 e. The Morgan fingerprint density at radius 1 is 1.25 bits per heavy atom. The Labute approximate surface area is 168 Å². The fourth-order valence-corrected chi connectivity index (χ4v) is 5.28. The molecule has 0 radical (unpaired) electrons. The zero-order valence-corrected chi connectivity index (χ0v) is 18.5. The van der Waals surface area contributed by atoms with E-state index in [1.165, 1.54) is 56.7 Å². The summed E-state index contributed by atoms with van der Waals surface area (Å²) in [6.45, 7) is 3.47. The minimum atomic E-state index is 0. The van der Waals surface area contributed by atoms with E-state index in [0.29, 0.717) is 6.04 Å². The molecule has 3 fully saturated rings. The monoisotopic (exact) mass is 467 g/mol. The highest BCUT2D eigenvalue weighted by atomic mass is 127. The number of nitrogens with one attached hydrogen (secondary N) is 2. The van der Waals surface area contributed by atoms with E-state index in [-0.39, 0.29) is 29.5 Å². The number of hydrogen-bond donors (Lipinski definition) is 2. The van der Waals surface area contributed by atoms with Crippen molar-refractivity contribution in [1.82, 2.24) is 20.4 Å². The first-order valence-corrected chi connectivity index (χ1v) is 10.2. The van der Waals surface area contributed by atoms with E-state index in [0.717, 1.165) is 18.5 Å². The lowest BCUT2D eigenvalue weighted by Gasteiger charge is -2.37. The Morgan fingerprint density at radius 3 is 2.46 bits per heavy atom. The summed E-state index contributed by atoms with van der Waals surface area (Å²) < 4.78 is 0. The van der Waals surface area contributed by atoms with Crippen molar-refractivity contribution < 1.29 is 0 Å². The molecular weight excluding hydrogens is 433 g/mol. The maximum Gasteiger partial charge on any atom is 0.191 e. The zero-order chi connectivity index (χ0) is 16.3. The van der Waals surface area contributed by atoms with Crippen molar-refractivity contribution in [3.05, 3.63) is 0 Å². The maximum atomic E-state index is 4.46. The SMILES string of the molecule is CN=C(NCC1(N(C)C)CCSC1)NC1CCN(C2CC2)CC1.I. The van der Waals surface area contributed by atoms with Gasteiger partial charge in [-0.1, -0.05) is 0 Å². The normalized spacial score (nSPS) is 29.6. The fraction of sp³-hybridized carbons (Fsp3) is 0.941. The van der Waals surface area contributed by atoms with Gasteiger partial charge in [0.25, 0.3) is 0 Å². The van der Waals surface area contributed by atoms with Crippen molar-refractivity contribution in [3.63, 3.8) is 0 Å². The van der Waals surface area contributed by atoms with Crippen molar-refractivity contribution in [2.24, 2.45) is 4.99 Å². The molecule has 24 heavy (non-hydrogen) atoms. The van der Waals surface area contributed by atoms with Gasteiger partial charge in [-0.2, -0.15) is 11.8 Å². The molecule has 140 valence electrons. The number of likely N-dealkylation sites (tertiary alicyclic amines) is 1. The minimum Gasteiger partial charge on any atom is -0.355 e. The van der Waals surface area contributed by atoms with Crippen LogP contribution < -0.4 is 10.6 Å². The summed E-state index contributed by atoms with van der Waals surface area (Å²) in [6.07, 6.45) is 6.59. The standard InChI is InChI=1S/C17H33N5S.HI/c1-18-16(19-12-17(21(2)3)8-11-23-13-17)20-14-6-9-22(10-7-14)15-4-5-15;/h14-15H,4-13H2,1-3H3,(H2,18,19,20);1H. The molecule has 0 bridgehead atoms. The summed E-state index contributed by atoms with van der Waals surface area (Å²) >= 11 is 2.07. The van der Waals surface area contributed by atoms with Crippen LogP contribution in [0.2, 0.25) is 0 Å². The second kappa shape index (κ2) is 9.28. The number of nitrogens with zero attached hydrogens (tertiary/aromatic N) is 3. The van der Waals surface area contributed by atoms with E-state index < -0.39 is 0 Å². The number of halogens is 1. The van der Waals surface area contributed by atoms with Crippen LogP contribution in [0.5, 0.6) is 0 Å². The molecule has 1 saturated carbocycles. The van der Waals surface area contributed by atoms with Gasteiger partial charge in [-0.15, -0.1) is 24.0 Å². The first-order chi connectivity index (χ1) is 11.1. The molecule has 3 rings (SSSR count). The summed E-state index contributed by atoms with van der Waals surface area (Å²) in [6, 6.07) is 1.48. The Kier molecular flexibility index (Phi) is 7.96. The van der Waals surface area contributed by atoms with Gasteiger partial charge in [-0.25, -0.2) is 0 Å². The zero-order valence-electron chi connectivity index (χ0n) is 15.4. The average molecular weight is 467 g/mol. The molecule has 1 aliphatic carbocycles. The Morgan fingerprint density at radius 2 is 1.96 bits per heavy atom. The molecule has 2 N–H and O–H groups in total. The molecule has 2 heterocycles. The molecule has 7 heteroatoms. The maximum absolute atomic E-state index is 4.46. The first-order valence-electron chi connectivity index (χ1n) is 9.09. The molecule has 0 aromatic heterocycles. The lowest BCUT2D eigenvalue weighted by molar-refractivity contribution is 0.181. The highest BCUT2D eigenvalue weighted by Crippen LogP contribution is 2.31. The molecule has 3 aliphatic rings. The number of rotatable bonds is 5. The van der Waals surface area contributed by atoms with Gasteiger partial charge >= 0.3 is 0 Å². The van der Waals surface area contributed by atoms with Crippen molar-refractivity contribution in [2.75, 3.05) is 52.3 Å². The van der Waals surface area contributed by atoms with Gasteiger partial charge < -0.3 is 20.4 Å². The third-order valence-electron chi connectivity index (χ3n) is 5.77. The Bertz CT molecular complexity index is 413. The van der Waals surface area contributed by atoms with Crippen molar-refractivity contribution >= 4 is 41.7 Å². The van der Waals surface area contributed by atoms with Gasteiger partial charge in [0.15, 0.2) is 5.96 Å². The minimum absolute atomic E-state index is 0. The van der Waals surface area contributed by atoms with Crippen LogP contribution in [0.25, 0.3) is 0 Å². The van der Waals surface area contributed by atoms with E-state index in [1.54, 1.807) is 0 Å². The third-order valence-corrected chi connectivity index (χ3v) is 7.01. The quantitative estimate of drug-likeness (QED) is 0.367. The van der Waals surface area contributed by atoms with Crippen LogP contribution in [0.15, 0.2) is 4.99 Å². The van der Waals surface area contributed by atoms with Crippen LogP contribution in [0.3, 0.4) is 0 Å². The summed E-state index contributed by atoms with van der Waals surface area (Å²) in [4.78, 5) is 9.52. The van der Waals surface area contributed by atoms with Crippen LogP contribution in [0.4, 0.5) is 0 Å². The van der Waals surface area contributed by atoms with Crippen LogP contribution in [-0.2, 0) is 0 Å². The van der Waals surface area contributed by atoms with Gasteiger partial charge in [0, 0.05) is 50.1 Å². The van der Waals surface area contributed by atoms with E-state index in [2.05, 4.69) is 51.3 Å². The van der Waals surface area contributed by atoms with Crippen molar-refractivity contribution in [3.8, 4) is 0 Å². The van der Waals surface area contributed by atoms with Crippen LogP contribution in [-0.4, -0.2) is 85.7 Å². The lowest BCUT2D eigenvalue weighted by atomic mass is 9.97. The van der Waals surface area contributed by atoms with E-state index in [4.69, 9.17) is 0 Å². The number of aliphatic imine (C=N–C) groups is 1. The number of guanidine groups is 1. The molecule has 1 unspecified atom stereocenters. The largest absolute Gasteiger partial charge is 0.355 e. The highest BCUT2D eigenvalue weighted by molar-refractivity contribution is 14.0. The average Bonchev–Trinajstić information content (AvgIpc) is 3.30. The second-order valence-electron chi connectivity index (χ2n) is 7.53. The Balaban J connectivity index is 0.00000208. The molecule has 0 aromatic rings. The number of piperidine rings is 1. The summed E-state index contributed by atoms with van der Waals surface area (Å²) in [5.41, 5.74) is 0.275. The number of likely N-dealkylation sites (N-methyl/N-ethyl adjacent to an activating group) is 1. The first kappa shape index (κ1) is 20.6. The third kappa shape index (κ3) is 5.14. The molecule has 2 aliphatic heterocycles. The fourth-order valence-electron chi connectivity index (χ4n) is 3.73. The topological polar surface area (TPSA) is 42.9 Å². The van der Waals surface area contributed by atoms with E-state index in [9.17, 15) is 0 Å². The predicted molar refractivity (Wildman–Crippen MR) is 116 cm³/mol. The molecule has 0 spiro atoms. The molecule has 5 nitrogen and oxygen atoms in total. The highest BCUT2D eigenvalue weighted by Gasteiger charge is 2.37. The van der Waals surface area contributed by atoms with Gasteiger partial charge in [0.1, 0.15) is 0 Å². The molecule has 2 saturated heterocycles. The number of thioether (sulfide) groups is 1. The van der Waals surface area contributed by atoms with Crippen LogP contribution >= 0.6 is 35.7 Å². The van der Waals surface area contributed by atoms with Crippen molar-refractivity contribution in [2.45, 2.75) is 49.7 Å². The number of hydrogen-bond acceptors (Lipinski definition) is 4. The van der Waals surface area contributed by atoms with Crippen LogP contribution in [0.1, 0.15) is 32.1 Å². The Hall–Kier alpha value is 0.270. The molecule has 1 atom stereocenters. The molecular formula is C17H34IN5S. The predicted octanol–water partition coefficient (Wildman–Crippen LogP) is 1.83. The molecule has 0 amide bonds. The second-order valence-corrected chi connectivity index (χ2v) is 8.64. The van der Waals surface area contributed by atoms with E-state index in [1.807, 2.05) is 7.05 Å². The van der Waals surface area contributed by atoms with Crippen molar-refractivity contribution in [1.29, 1.82) is 0 Å². The summed E-state index contributed by atoms with van der Waals surface area (Å²) in [5, 5.41) is 7.25. The van der Waals surface area contributed by atoms with Gasteiger partial charge in [-0.3, -0.25) is 4.99 Å².